The van der Waals surface area contributed by atoms with Crippen LogP contribution >= 0.6 is 0 Å². The van der Waals surface area contributed by atoms with E-state index in [1.165, 1.54) is 149 Å². The Kier molecular flexibility index (Phi) is 7.34. The van der Waals surface area contributed by atoms with E-state index >= 15 is 0 Å². The minimum atomic E-state index is -0.0733. The summed E-state index contributed by atoms with van der Waals surface area (Å²) in [5, 5.41) is 8.12. The number of rotatable bonds is 4. The third-order valence-corrected chi connectivity index (χ3v) is 14.2. The van der Waals surface area contributed by atoms with E-state index in [4.69, 9.17) is 0 Å². The zero-order valence-electron chi connectivity index (χ0n) is 33.2. The Bertz CT molecular complexity index is 2930. The van der Waals surface area contributed by atoms with Gasteiger partial charge in [-0.25, -0.2) is 0 Å². The van der Waals surface area contributed by atoms with Gasteiger partial charge >= 0.3 is 0 Å². The summed E-state index contributed by atoms with van der Waals surface area (Å²) >= 11 is 0. The first-order chi connectivity index (χ1) is 28.0. The summed E-state index contributed by atoms with van der Waals surface area (Å²) in [6.07, 6.45) is 7.69. The van der Waals surface area contributed by atoms with E-state index in [9.17, 15) is 0 Å². The Morgan fingerprint density at radius 2 is 0.895 bits per heavy atom. The number of nitrogens with zero attached hydrogens (tertiary/aromatic N) is 2. The Balaban J connectivity index is 1.18. The molecule has 0 saturated carbocycles. The van der Waals surface area contributed by atoms with E-state index < -0.39 is 0 Å². The van der Waals surface area contributed by atoms with Gasteiger partial charge in [0.15, 0.2) is 0 Å². The first kappa shape index (κ1) is 33.3. The molecule has 0 radical (unpaired) electrons. The van der Waals surface area contributed by atoms with Gasteiger partial charge in [-0.3, -0.25) is 0 Å². The van der Waals surface area contributed by atoms with Crippen LogP contribution in [0.15, 0.2) is 133 Å². The van der Waals surface area contributed by atoms with Crippen LogP contribution < -0.4 is 9.80 Å². The van der Waals surface area contributed by atoms with Gasteiger partial charge in [-0.05, 0) is 168 Å². The van der Waals surface area contributed by atoms with Gasteiger partial charge < -0.3 is 9.80 Å². The van der Waals surface area contributed by atoms with Gasteiger partial charge in [-0.2, -0.15) is 0 Å². The van der Waals surface area contributed by atoms with Crippen LogP contribution in [0.3, 0.4) is 0 Å². The molecule has 4 aliphatic rings. The lowest BCUT2D eigenvalue weighted by Gasteiger charge is -2.31. The molecule has 0 amide bonds. The quantitative estimate of drug-likeness (QED) is 0.166. The van der Waals surface area contributed by atoms with Crippen LogP contribution in [0.4, 0.5) is 11.4 Å². The molecule has 57 heavy (non-hydrogen) atoms. The first-order valence-corrected chi connectivity index (χ1v) is 21.5. The van der Waals surface area contributed by atoms with Crippen LogP contribution in [0.1, 0.15) is 63.5 Å². The SMILES string of the molecule is CC1(C)c2ccccc2-c2ccc(-c3c4cc(N5CCCCC5)ccc4c(-c4ccc5c6c(cccc46)-c4ccccc4-5)c4cc(N5CCCCC5)ccc34)cc21. The Labute approximate surface area is 336 Å². The molecule has 0 spiro atoms. The second kappa shape index (κ2) is 12.6. The molecule has 2 aliphatic carbocycles. The third kappa shape index (κ3) is 4.89. The molecule has 2 heterocycles. The number of anilines is 2. The summed E-state index contributed by atoms with van der Waals surface area (Å²) in [6, 6.07) is 52.2. The summed E-state index contributed by atoms with van der Waals surface area (Å²) < 4.78 is 0. The van der Waals surface area contributed by atoms with Crippen molar-refractivity contribution in [2.75, 3.05) is 36.0 Å². The van der Waals surface area contributed by atoms with E-state index in [1.807, 2.05) is 0 Å². The van der Waals surface area contributed by atoms with E-state index in [0.717, 1.165) is 26.2 Å². The normalized spacial score (nSPS) is 16.7. The highest BCUT2D eigenvalue weighted by Crippen LogP contribution is 2.54. The molecule has 8 aromatic rings. The maximum atomic E-state index is 2.63. The fourth-order valence-electron chi connectivity index (χ4n) is 11.4. The largest absolute Gasteiger partial charge is 0.372 e. The van der Waals surface area contributed by atoms with Crippen LogP contribution in [-0.4, -0.2) is 26.2 Å². The number of fused-ring (bicyclic) bond motifs is 8. The van der Waals surface area contributed by atoms with Crippen LogP contribution in [0.5, 0.6) is 0 Å². The van der Waals surface area contributed by atoms with Crippen molar-refractivity contribution in [3.63, 3.8) is 0 Å². The van der Waals surface area contributed by atoms with Crippen molar-refractivity contribution in [1.82, 2.24) is 0 Å². The van der Waals surface area contributed by atoms with Crippen molar-refractivity contribution in [3.8, 4) is 55.6 Å². The van der Waals surface area contributed by atoms with Gasteiger partial charge in [-0.1, -0.05) is 117 Å². The maximum absolute atomic E-state index is 2.63. The molecule has 2 nitrogen and oxygen atoms in total. The second-order valence-corrected chi connectivity index (χ2v) is 17.7. The molecule has 278 valence electrons. The molecule has 0 N–H and O–H groups in total. The molecule has 2 heteroatoms. The summed E-state index contributed by atoms with van der Waals surface area (Å²) in [5.74, 6) is 0. The molecule has 0 atom stereocenters. The Morgan fingerprint density at radius 1 is 0.368 bits per heavy atom. The van der Waals surface area contributed by atoms with E-state index in [-0.39, 0.29) is 5.41 Å². The van der Waals surface area contributed by atoms with Crippen molar-refractivity contribution < 1.29 is 0 Å². The van der Waals surface area contributed by atoms with Gasteiger partial charge in [0.2, 0.25) is 0 Å². The van der Waals surface area contributed by atoms with Crippen molar-refractivity contribution in [2.45, 2.75) is 57.8 Å². The van der Waals surface area contributed by atoms with Gasteiger partial charge in [0, 0.05) is 43.0 Å². The highest BCUT2D eigenvalue weighted by atomic mass is 15.1. The fraction of sp³-hybridized carbons (Fsp3) is 0.236. The molecule has 8 aromatic carbocycles. The van der Waals surface area contributed by atoms with Crippen LogP contribution in [0.25, 0.3) is 88.0 Å². The molecule has 12 rings (SSSR count). The van der Waals surface area contributed by atoms with Crippen molar-refractivity contribution in [3.05, 3.63) is 145 Å². The van der Waals surface area contributed by atoms with Crippen LogP contribution in [0.2, 0.25) is 0 Å². The van der Waals surface area contributed by atoms with E-state index in [2.05, 4.69) is 157 Å². The van der Waals surface area contributed by atoms with Crippen LogP contribution in [-0.2, 0) is 5.41 Å². The average Bonchev–Trinajstić information content (AvgIpc) is 3.72. The number of hydrogen-bond donors (Lipinski definition) is 0. The topological polar surface area (TPSA) is 6.48 Å². The Morgan fingerprint density at radius 3 is 1.58 bits per heavy atom. The van der Waals surface area contributed by atoms with E-state index in [1.54, 1.807) is 0 Å². The zero-order valence-corrected chi connectivity index (χ0v) is 33.2. The van der Waals surface area contributed by atoms with Gasteiger partial charge in [0.25, 0.3) is 0 Å². The summed E-state index contributed by atoms with van der Waals surface area (Å²) in [6.45, 7) is 9.32. The average molecular weight is 737 g/mol. The number of piperidine rings is 2. The third-order valence-electron chi connectivity index (χ3n) is 14.2. The van der Waals surface area contributed by atoms with Crippen LogP contribution in [0, 0.1) is 0 Å². The summed E-state index contributed by atoms with van der Waals surface area (Å²) in [5.41, 5.74) is 19.0. The number of hydrogen-bond acceptors (Lipinski definition) is 2. The highest BCUT2D eigenvalue weighted by molar-refractivity contribution is 6.27. The molecule has 0 aromatic heterocycles. The second-order valence-electron chi connectivity index (χ2n) is 17.7. The van der Waals surface area contributed by atoms with E-state index in [0.29, 0.717) is 0 Å². The minimum Gasteiger partial charge on any atom is -0.372 e. The summed E-state index contributed by atoms with van der Waals surface area (Å²) in [4.78, 5) is 5.27. The zero-order chi connectivity index (χ0) is 37.8. The molecular formula is C55H48N2. The first-order valence-electron chi connectivity index (χ1n) is 21.5. The molecule has 0 unspecified atom stereocenters. The standard InChI is InChI=1S/C55H48N2/c1-55(2)50-19-8-7-16-40(50)41-23-20-35(32-51(41)55)52-46-24-21-37(57-30-11-4-12-31-57)34-49(46)54(47-25-22-36(33-48(47)52)56-28-9-3-10-29-56)45-27-26-44-39-15-6-5-14-38(39)42-17-13-18-43(45)53(42)44/h5-8,13-27,32-34H,3-4,9-12,28-31H2,1-2H3. The monoisotopic (exact) mass is 736 g/mol. The fourth-order valence-corrected chi connectivity index (χ4v) is 11.4. The molecule has 2 saturated heterocycles. The lowest BCUT2D eigenvalue weighted by molar-refractivity contribution is 0.578. The van der Waals surface area contributed by atoms with Gasteiger partial charge in [0.05, 0.1) is 0 Å². The number of benzene rings is 8. The smallest absolute Gasteiger partial charge is 0.0372 e. The van der Waals surface area contributed by atoms with Crippen molar-refractivity contribution in [1.29, 1.82) is 0 Å². The highest BCUT2D eigenvalue weighted by Gasteiger charge is 2.36. The predicted molar refractivity (Wildman–Crippen MR) is 244 cm³/mol. The molecule has 2 fully saturated rings. The van der Waals surface area contributed by atoms with Crippen molar-refractivity contribution in [2.24, 2.45) is 0 Å². The molecular weight excluding hydrogens is 689 g/mol. The predicted octanol–water partition coefficient (Wildman–Crippen LogP) is 14.4. The lowest BCUT2D eigenvalue weighted by Crippen LogP contribution is -2.29. The van der Waals surface area contributed by atoms with Gasteiger partial charge in [0.1, 0.15) is 0 Å². The minimum absolute atomic E-state index is 0.0733. The molecule has 2 aliphatic heterocycles. The molecule has 0 bridgehead atoms. The lowest BCUT2D eigenvalue weighted by atomic mass is 9.80. The Hall–Kier alpha value is -5.86. The van der Waals surface area contributed by atoms with Crippen molar-refractivity contribution >= 4 is 43.7 Å². The van der Waals surface area contributed by atoms with Gasteiger partial charge in [-0.15, -0.1) is 0 Å². The maximum Gasteiger partial charge on any atom is 0.0372 e. The summed E-state index contributed by atoms with van der Waals surface area (Å²) in [7, 11) is 0.